The molecule has 0 saturated heterocycles. The molecule has 2 fully saturated rings. The molecule has 0 aromatic carbocycles. The quantitative estimate of drug-likeness (QED) is 0.778. The first-order valence-electron chi connectivity index (χ1n) is 7.15. The van der Waals surface area contributed by atoms with Crippen molar-refractivity contribution in [2.45, 2.75) is 46.6 Å². The molecular formula is C15H25NO3. The molecule has 2 N–H and O–H groups in total. The van der Waals surface area contributed by atoms with E-state index in [1.165, 1.54) is 0 Å². The van der Waals surface area contributed by atoms with E-state index in [2.05, 4.69) is 13.8 Å². The molecule has 6 unspecified atom stereocenters. The Kier molecular flexibility index (Phi) is 3.40. The number of ether oxygens (including phenoxy) is 1. The number of carbonyl (C=O) groups excluding carboxylic acids is 2. The number of carbonyl (C=O) groups is 2. The highest BCUT2D eigenvalue weighted by Gasteiger charge is 2.60. The molecule has 1 amide bonds. The van der Waals surface area contributed by atoms with Crippen LogP contribution in [0.5, 0.6) is 0 Å². The van der Waals surface area contributed by atoms with Gasteiger partial charge in [-0.15, -0.1) is 0 Å². The Morgan fingerprint density at radius 3 is 1.95 bits per heavy atom. The molecular weight excluding hydrogens is 242 g/mol. The van der Waals surface area contributed by atoms with E-state index in [1.54, 1.807) is 0 Å². The van der Waals surface area contributed by atoms with Crippen LogP contribution in [0.15, 0.2) is 0 Å². The Morgan fingerprint density at radius 2 is 1.53 bits per heavy atom. The fraction of sp³-hybridized carbons (Fsp3) is 0.867. The van der Waals surface area contributed by atoms with Gasteiger partial charge in [-0.3, -0.25) is 9.59 Å². The van der Waals surface area contributed by atoms with Gasteiger partial charge in [0.05, 0.1) is 11.8 Å². The second-order valence-electron chi connectivity index (χ2n) is 7.27. The Morgan fingerprint density at radius 1 is 1.05 bits per heavy atom. The van der Waals surface area contributed by atoms with Gasteiger partial charge in [-0.2, -0.15) is 0 Å². The number of primary amides is 1. The van der Waals surface area contributed by atoms with Crippen LogP contribution in [0.3, 0.4) is 0 Å². The zero-order valence-corrected chi connectivity index (χ0v) is 12.5. The number of nitrogens with two attached hydrogens (primary N) is 1. The Labute approximate surface area is 115 Å². The van der Waals surface area contributed by atoms with E-state index in [9.17, 15) is 9.59 Å². The maximum atomic E-state index is 12.4. The van der Waals surface area contributed by atoms with Crippen molar-refractivity contribution in [2.75, 3.05) is 0 Å². The summed E-state index contributed by atoms with van der Waals surface area (Å²) >= 11 is 0. The Bertz CT molecular complexity index is 399. The third kappa shape index (κ3) is 2.37. The van der Waals surface area contributed by atoms with Gasteiger partial charge >= 0.3 is 5.97 Å². The lowest BCUT2D eigenvalue weighted by Crippen LogP contribution is -2.45. The van der Waals surface area contributed by atoms with Gasteiger partial charge in [-0.1, -0.05) is 13.8 Å². The summed E-state index contributed by atoms with van der Waals surface area (Å²) in [6.45, 7) is 9.89. The van der Waals surface area contributed by atoms with Crippen molar-refractivity contribution in [1.82, 2.24) is 0 Å². The minimum atomic E-state index is -0.518. The zero-order valence-electron chi connectivity index (χ0n) is 12.5. The predicted molar refractivity (Wildman–Crippen MR) is 71.9 cm³/mol. The highest BCUT2D eigenvalue weighted by Crippen LogP contribution is 2.58. The molecule has 0 radical (unpaired) electrons. The smallest absolute Gasteiger partial charge is 0.310 e. The molecule has 2 aliphatic rings. The van der Waals surface area contributed by atoms with Gasteiger partial charge < -0.3 is 10.5 Å². The van der Waals surface area contributed by atoms with Crippen molar-refractivity contribution in [3.05, 3.63) is 0 Å². The summed E-state index contributed by atoms with van der Waals surface area (Å²) in [6, 6.07) is 0. The van der Waals surface area contributed by atoms with Gasteiger partial charge in [-0.25, -0.2) is 0 Å². The fourth-order valence-corrected chi connectivity index (χ4v) is 4.08. The SMILES string of the molecule is CC1C(C)C2CC1C(C(N)=O)C2C(=O)OC(C)(C)C. The second kappa shape index (κ2) is 4.50. The van der Waals surface area contributed by atoms with E-state index >= 15 is 0 Å². The molecule has 2 bridgehead atoms. The first kappa shape index (κ1) is 14.4. The number of esters is 1. The van der Waals surface area contributed by atoms with Crippen LogP contribution in [0.2, 0.25) is 0 Å². The average molecular weight is 267 g/mol. The van der Waals surface area contributed by atoms with Crippen LogP contribution in [0, 0.1) is 35.5 Å². The van der Waals surface area contributed by atoms with Gasteiger partial charge in [0.1, 0.15) is 5.60 Å². The molecule has 2 aliphatic carbocycles. The first-order chi connectivity index (χ1) is 8.63. The Balaban J connectivity index is 2.23. The third-order valence-electron chi connectivity index (χ3n) is 5.04. The highest BCUT2D eigenvalue weighted by molar-refractivity contribution is 5.86. The second-order valence-corrected chi connectivity index (χ2v) is 7.27. The van der Waals surface area contributed by atoms with Crippen LogP contribution < -0.4 is 5.73 Å². The van der Waals surface area contributed by atoms with Gasteiger partial charge in [0.2, 0.25) is 5.91 Å². The summed E-state index contributed by atoms with van der Waals surface area (Å²) in [5, 5.41) is 0. The number of fused-ring (bicyclic) bond motifs is 2. The van der Waals surface area contributed by atoms with Gasteiger partial charge in [0.15, 0.2) is 0 Å². The normalized spacial score (nSPS) is 41.3. The highest BCUT2D eigenvalue weighted by atomic mass is 16.6. The maximum Gasteiger partial charge on any atom is 0.310 e. The lowest BCUT2D eigenvalue weighted by molar-refractivity contribution is -0.167. The maximum absolute atomic E-state index is 12.4. The van der Waals surface area contributed by atoms with Crippen molar-refractivity contribution in [2.24, 2.45) is 41.2 Å². The summed E-state index contributed by atoms with van der Waals surface area (Å²) < 4.78 is 5.49. The third-order valence-corrected chi connectivity index (χ3v) is 5.04. The van der Waals surface area contributed by atoms with Crippen LogP contribution in [0.1, 0.15) is 41.0 Å². The number of hydrogen-bond acceptors (Lipinski definition) is 3. The monoisotopic (exact) mass is 267 g/mol. The summed E-state index contributed by atoms with van der Waals surface area (Å²) in [4.78, 5) is 24.1. The largest absolute Gasteiger partial charge is 0.460 e. The van der Waals surface area contributed by atoms with Crippen LogP contribution in [-0.2, 0) is 14.3 Å². The minimum Gasteiger partial charge on any atom is -0.460 e. The van der Waals surface area contributed by atoms with E-state index < -0.39 is 5.60 Å². The molecule has 4 nitrogen and oxygen atoms in total. The molecule has 108 valence electrons. The first-order valence-corrected chi connectivity index (χ1v) is 7.15. The molecule has 6 atom stereocenters. The van der Waals surface area contributed by atoms with Crippen molar-refractivity contribution in [3.8, 4) is 0 Å². The lowest BCUT2D eigenvalue weighted by atomic mass is 9.69. The summed E-state index contributed by atoms with van der Waals surface area (Å²) in [7, 11) is 0. The molecule has 0 aliphatic heterocycles. The van der Waals surface area contributed by atoms with Gasteiger partial charge in [-0.05, 0) is 50.9 Å². The summed E-state index contributed by atoms with van der Waals surface area (Å²) in [5.74, 6) is 0.130. The molecule has 19 heavy (non-hydrogen) atoms. The Hall–Kier alpha value is -1.06. The molecule has 0 spiro atoms. The van der Waals surface area contributed by atoms with Crippen molar-refractivity contribution in [1.29, 1.82) is 0 Å². The molecule has 0 heterocycles. The number of amides is 1. The zero-order chi connectivity index (χ0) is 14.5. The van der Waals surface area contributed by atoms with Crippen LogP contribution >= 0.6 is 0 Å². The molecule has 2 rings (SSSR count). The van der Waals surface area contributed by atoms with Crippen LogP contribution in [0.25, 0.3) is 0 Å². The average Bonchev–Trinajstić information content (AvgIpc) is 2.74. The molecule has 2 saturated carbocycles. The fourth-order valence-electron chi connectivity index (χ4n) is 4.08. The molecule has 0 aromatic rings. The van der Waals surface area contributed by atoms with Gasteiger partial charge in [0, 0.05) is 0 Å². The standard InChI is InChI=1S/C15H25NO3/c1-7-8(2)10-6-9(7)11(13(16)17)12(10)14(18)19-15(3,4)5/h7-12H,6H2,1-5H3,(H2,16,17). The van der Waals surface area contributed by atoms with Gasteiger partial charge in [0.25, 0.3) is 0 Å². The van der Waals surface area contributed by atoms with Crippen LogP contribution in [0.4, 0.5) is 0 Å². The summed E-state index contributed by atoms with van der Waals surface area (Å²) in [6.07, 6.45) is 0.930. The molecule has 4 heteroatoms. The topological polar surface area (TPSA) is 69.4 Å². The predicted octanol–water partition coefficient (Wildman–Crippen LogP) is 1.97. The van der Waals surface area contributed by atoms with E-state index in [-0.39, 0.29) is 35.5 Å². The van der Waals surface area contributed by atoms with Crippen molar-refractivity contribution < 1.29 is 14.3 Å². The summed E-state index contributed by atoms with van der Waals surface area (Å²) in [5.41, 5.74) is 5.02. The van der Waals surface area contributed by atoms with E-state index in [0.29, 0.717) is 11.8 Å². The van der Waals surface area contributed by atoms with Crippen molar-refractivity contribution in [3.63, 3.8) is 0 Å². The van der Waals surface area contributed by atoms with E-state index in [0.717, 1.165) is 6.42 Å². The number of hydrogen-bond donors (Lipinski definition) is 1. The van der Waals surface area contributed by atoms with E-state index in [4.69, 9.17) is 10.5 Å². The number of rotatable bonds is 2. The van der Waals surface area contributed by atoms with Crippen molar-refractivity contribution >= 4 is 11.9 Å². The van der Waals surface area contributed by atoms with Crippen LogP contribution in [-0.4, -0.2) is 17.5 Å². The minimum absolute atomic E-state index is 0.243. The molecule has 0 aromatic heterocycles. The lowest BCUT2D eigenvalue weighted by Gasteiger charge is -2.36. The van der Waals surface area contributed by atoms with E-state index in [1.807, 2.05) is 20.8 Å².